The molecule has 0 saturated heterocycles. The molecule has 1 saturated carbocycles. The predicted molar refractivity (Wildman–Crippen MR) is 125 cm³/mol. The fourth-order valence-corrected chi connectivity index (χ4v) is 4.36. The molecule has 0 radical (unpaired) electrons. The fraction of sp³-hybridized carbons (Fsp3) is 0.520. The van der Waals surface area contributed by atoms with Crippen LogP contribution in [0.25, 0.3) is 0 Å². The zero-order chi connectivity index (χ0) is 23.1. The van der Waals surface area contributed by atoms with Crippen LogP contribution in [0.15, 0.2) is 24.3 Å². The van der Waals surface area contributed by atoms with Gasteiger partial charge in [-0.2, -0.15) is 0 Å². The van der Waals surface area contributed by atoms with Gasteiger partial charge in [0, 0.05) is 24.0 Å². The number of urea groups is 1. The Balaban J connectivity index is 1.82. The monoisotopic (exact) mass is 441 g/mol. The highest BCUT2D eigenvalue weighted by atomic mass is 16.5. The molecule has 7 nitrogen and oxygen atoms in total. The molecular weight excluding hydrogens is 406 g/mol. The molecule has 2 amide bonds. The number of ether oxygens (including phenoxy) is 2. The van der Waals surface area contributed by atoms with Crippen molar-refractivity contribution in [1.82, 2.24) is 9.88 Å². The van der Waals surface area contributed by atoms with Gasteiger partial charge in [-0.1, -0.05) is 19.3 Å². The third-order valence-electron chi connectivity index (χ3n) is 6.09. The second kappa shape index (κ2) is 11.1. The Bertz CT molecular complexity index is 914. The number of aromatic amines is 1. The Kier molecular flexibility index (Phi) is 8.20. The average Bonchev–Trinajstić information content (AvgIpc) is 3.07. The highest BCUT2D eigenvalue weighted by Gasteiger charge is 2.28. The lowest BCUT2D eigenvalue weighted by Crippen LogP contribution is -2.43. The minimum absolute atomic E-state index is 0.126. The molecule has 1 fully saturated rings. The lowest BCUT2D eigenvalue weighted by Gasteiger charge is -2.34. The van der Waals surface area contributed by atoms with Crippen molar-refractivity contribution in [3.05, 3.63) is 46.8 Å². The van der Waals surface area contributed by atoms with Crippen LogP contribution in [0, 0.1) is 13.8 Å². The van der Waals surface area contributed by atoms with Crippen LogP contribution in [0.4, 0.5) is 10.5 Å². The summed E-state index contributed by atoms with van der Waals surface area (Å²) < 4.78 is 10.7. The zero-order valence-electron chi connectivity index (χ0n) is 19.6. The van der Waals surface area contributed by atoms with Gasteiger partial charge >= 0.3 is 12.0 Å². The molecule has 1 aliphatic rings. The number of nitrogens with one attached hydrogen (secondary N) is 2. The summed E-state index contributed by atoms with van der Waals surface area (Å²) in [4.78, 5) is 30.8. The lowest BCUT2D eigenvalue weighted by atomic mass is 9.93. The Labute approximate surface area is 190 Å². The number of hydrogen-bond donors (Lipinski definition) is 2. The number of amides is 2. The maximum atomic E-state index is 13.4. The van der Waals surface area contributed by atoms with Crippen molar-refractivity contribution in [1.29, 1.82) is 0 Å². The van der Waals surface area contributed by atoms with Gasteiger partial charge in [0.15, 0.2) is 0 Å². The highest BCUT2D eigenvalue weighted by molar-refractivity contribution is 5.91. The van der Waals surface area contributed by atoms with Gasteiger partial charge in [0.2, 0.25) is 0 Å². The quantitative estimate of drug-likeness (QED) is 0.524. The highest BCUT2D eigenvalue weighted by Crippen LogP contribution is 2.28. The zero-order valence-corrected chi connectivity index (χ0v) is 19.6. The number of aromatic nitrogens is 1. The van der Waals surface area contributed by atoms with Crippen molar-refractivity contribution in [2.24, 2.45) is 0 Å². The number of rotatable bonds is 8. The summed E-state index contributed by atoms with van der Waals surface area (Å²) in [6, 6.07) is 7.47. The maximum Gasteiger partial charge on any atom is 0.355 e. The molecule has 0 aliphatic heterocycles. The van der Waals surface area contributed by atoms with Gasteiger partial charge < -0.3 is 24.7 Å². The lowest BCUT2D eigenvalue weighted by molar-refractivity contribution is 0.0519. The summed E-state index contributed by atoms with van der Waals surface area (Å²) in [6.45, 7) is 8.95. The number of H-pyrrole nitrogens is 1. The smallest absolute Gasteiger partial charge is 0.355 e. The van der Waals surface area contributed by atoms with Crippen LogP contribution < -0.4 is 10.1 Å². The van der Waals surface area contributed by atoms with Gasteiger partial charge in [0.1, 0.15) is 11.4 Å². The van der Waals surface area contributed by atoms with Crippen molar-refractivity contribution in [3.8, 4) is 5.75 Å². The van der Waals surface area contributed by atoms with Crippen molar-refractivity contribution in [2.75, 3.05) is 18.5 Å². The maximum absolute atomic E-state index is 13.4. The van der Waals surface area contributed by atoms with E-state index in [0.717, 1.165) is 53.9 Å². The van der Waals surface area contributed by atoms with Crippen LogP contribution in [-0.4, -0.2) is 41.1 Å². The number of benzene rings is 1. The molecule has 0 unspecified atom stereocenters. The van der Waals surface area contributed by atoms with Crippen molar-refractivity contribution in [3.63, 3.8) is 0 Å². The molecule has 1 aromatic carbocycles. The third-order valence-corrected chi connectivity index (χ3v) is 6.09. The fourth-order valence-electron chi connectivity index (χ4n) is 4.36. The topological polar surface area (TPSA) is 83.7 Å². The van der Waals surface area contributed by atoms with Crippen LogP contribution in [0.1, 0.15) is 73.3 Å². The molecule has 3 rings (SSSR count). The summed E-state index contributed by atoms with van der Waals surface area (Å²) in [6.07, 6.45) is 5.43. The number of anilines is 1. The van der Waals surface area contributed by atoms with Gasteiger partial charge in [-0.25, -0.2) is 9.59 Å². The standard InChI is InChI=1S/C25H35N3O4/c1-5-31-21-14-12-19(13-15-21)27-25(30)28(20-10-8-7-9-11-20)16-22-17(3)23(26-18(22)4)24(29)32-6-2/h12-15,20,26H,5-11,16H2,1-4H3,(H,27,30). The summed E-state index contributed by atoms with van der Waals surface area (Å²) in [5.41, 5.74) is 3.90. The number of aryl methyl sites for hydroxylation is 1. The molecule has 0 bridgehead atoms. The largest absolute Gasteiger partial charge is 0.494 e. The number of esters is 1. The summed E-state index contributed by atoms with van der Waals surface area (Å²) in [5, 5.41) is 3.05. The van der Waals surface area contributed by atoms with E-state index in [4.69, 9.17) is 9.47 Å². The van der Waals surface area contributed by atoms with E-state index >= 15 is 0 Å². The SMILES string of the molecule is CCOC(=O)c1[nH]c(C)c(CN(C(=O)Nc2ccc(OCC)cc2)C2CCCCC2)c1C. The molecule has 7 heteroatoms. The summed E-state index contributed by atoms with van der Waals surface area (Å²) in [7, 11) is 0. The Morgan fingerprint density at radius 2 is 1.75 bits per heavy atom. The summed E-state index contributed by atoms with van der Waals surface area (Å²) in [5.74, 6) is 0.419. The average molecular weight is 442 g/mol. The molecule has 174 valence electrons. The number of hydrogen-bond acceptors (Lipinski definition) is 4. The normalized spacial score (nSPS) is 14.1. The van der Waals surface area contributed by atoms with E-state index in [1.807, 2.05) is 49.9 Å². The van der Waals surface area contributed by atoms with Gasteiger partial charge in [0.05, 0.1) is 13.2 Å². The molecule has 1 aliphatic carbocycles. The van der Waals surface area contributed by atoms with E-state index in [2.05, 4.69) is 10.3 Å². The van der Waals surface area contributed by atoms with Crippen LogP contribution in [-0.2, 0) is 11.3 Å². The van der Waals surface area contributed by atoms with E-state index in [1.165, 1.54) is 6.42 Å². The van der Waals surface area contributed by atoms with Crippen LogP contribution in [0.3, 0.4) is 0 Å². The van der Waals surface area contributed by atoms with Crippen LogP contribution in [0.5, 0.6) is 5.75 Å². The minimum atomic E-state index is -0.359. The molecular formula is C25H35N3O4. The molecule has 0 atom stereocenters. The Hall–Kier alpha value is -2.96. The first-order chi connectivity index (χ1) is 15.4. The van der Waals surface area contributed by atoms with Crippen molar-refractivity contribution in [2.45, 2.75) is 72.4 Å². The van der Waals surface area contributed by atoms with E-state index in [1.54, 1.807) is 6.92 Å². The van der Waals surface area contributed by atoms with E-state index in [9.17, 15) is 9.59 Å². The second-order valence-electron chi connectivity index (χ2n) is 8.26. The first kappa shape index (κ1) is 23.7. The van der Waals surface area contributed by atoms with E-state index in [0.29, 0.717) is 25.5 Å². The van der Waals surface area contributed by atoms with Crippen LogP contribution in [0.2, 0.25) is 0 Å². The summed E-state index contributed by atoms with van der Waals surface area (Å²) >= 11 is 0. The van der Waals surface area contributed by atoms with E-state index in [-0.39, 0.29) is 18.0 Å². The molecule has 2 aromatic rings. The molecule has 2 N–H and O–H groups in total. The van der Waals surface area contributed by atoms with Crippen molar-refractivity contribution >= 4 is 17.7 Å². The first-order valence-electron chi connectivity index (χ1n) is 11.6. The molecule has 32 heavy (non-hydrogen) atoms. The number of nitrogens with zero attached hydrogens (tertiary/aromatic N) is 1. The van der Waals surface area contributed by atoms with Gasteiger partial charge in [-0.15, -0.1) is 0 Å². The van der Waals surface area contributed by atoms with Crippen LogP contribution >= 0.6 is 0 Å². The minimum Gasteiger partial charge on any atom is -0.494 e. The number of carbonyl (C=O) groups excluding carboxylic acids is 2. The van der Waals surface area contributed by atoms with Gasteiger partial charge in [-0.05, 0) is 75.9 Å². The van der Waals surface area contributed by atoms with Gasteiger partial charge in [0.25, 0.3) is 0 Å². The second-order valence-corrected chi connectivity index (χ2v) is 8.26. The van der Waals surface area contributed by atoms with Gasteiger partial charge in [-0.3, -0.25) is 0 Å². The molecule has 1 aromatic heterocycles. The Morgan fingerprint density at radius 1 is 1.06 bits per heavy atom. The number of carbonyl (C=O) groups is 2. The Morgan fingerprint density at radius 3 is 2.38 bits per heavy atom. The van der Waals surface area contributed by atoms with E-state index < -0.39 is 0 Å². The third kappa shape index (κ3) is 5.64. The molecule has 1 heterocycles. The predicted octanol–water partition coefficient (Wildman–Crippen LogP) is 5.57. The first-order valence-corrected chi connectivity index (χ1v) is 11.6. The molecule has 0 spiro atoms. The van der Waals surface area contributed by atoms with Crippen molar-refractivity contribution < 1.29 is 19.1 Å².